The molecule has 2 aromatic carbocycles. The van der Waals surface area contributed by atoms with Crippen LogP contribution < -0.4 is 0 Å². The number of hydrogen-bond donors (Lipinski definition) is 1. The Morgan fingerprint density at radius 2 is 1.81 bits per heavy atom. The molecule has 1 saturated heterocycles. The Kier molecular flexibility index (Phi) is 5.79. The molecule has 0 amide bonds. The zero-order valence-corrected chi connectivity index (χ0v) is 14.2. The first-order chi connectivity index (χ1) is 12.4. The normalized spacial score (nSPS) is 24.1. The van der Waals surface area contributed by atoms with Crippen molar-refractivity contribution in [2.75, 3.05) is 0 Å². The van der Waals surface area contributed by atoms with Gasteiger partial charge < -0.3 is 9.84 Å². The average Bonchev–Trinajstić information content (AvgIpc) is 2.62. The van der Waals surface area contributed by atoms with E-state index < -0.39 is 17.8 Å². The molecule has 0 radical (unpaired) electrons. The Bertz CT molecular complexity index is 740. The Balaban J connectivity index is 1.63. The van der Waals surface area contributed by atoms with Gasteiger partial charge in [-0.25, -0.2) is 0 Å². The highest BCUT2D eigenvalue weighted by molar-refractivity contribution is 5.50. The van der Waals surface area contributed by atoms with Crippen LogP contribution in [0.3, 0.4) is 0 Å². The second-order valence-corrected chi connectivity index (χ2v) is 6.54. The largest absolute Gasteiger partial charge is 0.416 e. The maximum Gasteiger partial charge on any atom is 0.416 e. The maximum atomic E-state index is 12.8. The molecule has 1 fully saturated rings. The summed E-state index contributed by atoms with van der Waals surface area (Å²) in [6.45, 7) is 0. The quantitative estimate of drug-likeness (QED) is 0.790. The third-order valence-electron chi connectivity index (χ3n) is 4.47. The lowest BCUT2D eigenvalue weighted by atomic mass is 9.94. The van der Waals surface area contributed by atoms with Crippen molar-refractivity contribution in [3.63, 3.8) is 0 Å². The van der Waals surface area contributed by atoms with Crippen LogP contribution in [0.1, 0.15) is 42.1 Å². The van der Waals surface area contributed by atoms with E-state index in [-0.39, 0.29) is 12.2 Å². The average molecular weight is 362 g/mol. The molecule has 0 aromatic heterocycles. The maximum absolute atomic E-state index is 12.8. The van der Waals surface area contributed by atoms with Gasteiger partial charge in [0.15, 0.2) is 0 Å². The molecule has 138 valence electrons. The second-order valence-electron chi connectivity index (χ2n) is 6.54. The van der Waals surface area contributed by atoms with Crippen molar-refractivity contribution in [3.8, 4) is 0 Å². The van der Waals surface area contributed by atoms with Crippen LogP contribution in [0.2, 0.25) is 0 Å². The van der Waals surface area contributed by atoms with Gasteiger partial charge in [0.05, 0.1) is 23.9 Å². The van der Waals surface area contributed by atoms with E-state index in [2.05, 4.69) is 0 Å². The number of halogens is 3. The van der Waals surface area contributed by atoms with Crippen molar-refractivity contribution in [2.45, 2.75) is 43.8 Å². The van der Waals surface area contributed by atoms with Gasteiger partial charge in [0.2, 0.25) is 0 Å². The van der Waals surface area contributed by atoms with Crippen LogP contribution in [0.5, 0.6) is 0 Å². The summed E-state index contributed by atoms with van der Waals surface area (Å²) < 4.78 is 44.3. The number of aliphatic hydroxyl groups excluding tert-OH is 1. The Hall–Kier alpha value is -2.11. The van der Waals surface area contributed by atoms with Gasteiger partial charge in [-0.3, -0.25) is 0 Å². The van der Waals surface area contributed by atoms with E-state index in [0.29, 0.717) is 24.8 Å². The first-order valence-corrected chi connectivity index (χ1v) is 8.64. The van der Waals surface area contributed by atoms with Crippen molar-refractivity contribution in [1.82, 2.24) is 0 Å². The molecule has 0 bridgehead atoms. The molecular weight excluding hydrogens is 341 g/mol. The smallest absolute Gasteiger partial charge is 0.393 e. The number of hydrogen-bond acceptors (Lipinski definition) is 2. The summed E-state index contributed by atoms with van der Waals surface area (Å²) in [5.74, 6) is 0. The van der Waals surface area contributed by atoms with E-state index in [9.17, 15) is 18.3 Å². The Morgan fingerprint density at radius 3 is 2.54 bits per heavy atom. The fraction of sp³-hybridized carbons (Fsp3) is 0.333. The molecule has 1 aliphatic rings. The lowest BCUT2D eigenvalue weighted by molar-refractivity contribution is -0.137. The van der Waals surface area contributed by atoms with Gasteiger partial charge in [0.25, 0.3) is 0 Å². The van der Waals surface area contributed by atoms with Crippen molar-refractivity contribution >= 4 is 6.08 Å². The predicted octanol–water partition coefficient (Wildman–Crippen LogP) is 5.39. The van der Waals surface area contributed by atoms with Crippen LogP contribution in [0.4, 0.5) is 13.2 Å². The SMILES string of the molecule is O[C@@H]1C[C@@H](C/C=C/c2cccc(C(F)(F)F)c2)O[C@@H](c2ccccc2)C1. The molecule has 2 nitrogen and oxygen atoms in total. The molecule has 5 heteroatoms. The molecule has 1 heterocycles. The first kappa shape index (κ1) is 18.7. The minimum Gasteiger partial charge on any atom is -0.393 e. The number of benzene rings is 2. The Morgan fingerprint density at radius 1 is 1.04 bits per heavy atom. The van der Waals surface area contributed by atoms with Crippen molar-refractivity contribution < 1.29 is 23.0 Å². The van der Waals surface area contributed by atoms with Crippen molar-refractivity contribution in [3.05, 3.63) is 77.4 Å². The summed E-state index contributed by atoms with van der Waals surface area (Å²) in [5.41, 5.74) is 0.863. The zero-order valence-electron chi connectivity index (χ0n) is 14.2. The summed E-state index contributed by atoms with van der Waals surface area (Å²) in [5, 5.41) is 10.1. The van der Waals surface area contributed by atoms with Crippen LogP contribution in [-0.2, 0) is 10.9 Å². The standard InChI is InChI=1S/C21H21F3O2/c22-21(23,24)17-10-4-6-15(12-17)7-5-11-19-13-18(25)14-20(26-19)16-8-2-1-3-9-16/h1-10,12,18-20,25H,11,13-14H2/b7-5+/t18-,19-,20-/m1/s1. The molecule has 0 aliphatic carbocycles. The molecular formula is C21H21F3O2. The van der Waals surface area contributed by atoms with E-state index in [1.54, 1.807) is 18.2 Å². The molecule has 1 aliphatic heterocycles. The molecule has 3 rings (SSSR count). The van der Waals surface area contributed by atoms with Gasteiger partial charge in [-0.15, -0.1) is 0 Å². The van der Waals surface area contributed by atoms with E-state index in [1.807, 2.05) is 30.3 Å². The summed E-state index contributed by atoms with van der Waals surface area (Å²) in [4.78, 5) is 0. The molecule has 1 N–H and O–H groups in total. The third kappa shape index (κ3) is 4.96. The minimum atomic E-state index is -4.34. The van der Waals surface area contributed by atoms with E-state index in [1.165, 1.54) is 6.07 Å². The minimum absolute atomic E-state index is 0.160. The van der Waals surface area contributed by atoms with Crippen LogP contribution >= 0.6 is 0 Å². The van der Waals surface area contributed by atoms with Crippen molar-refractivity contribution in [2.24, 2.45) is 0 Å². The van der Waals surface area contributed by atoms with Gasteiger partial charge in [-0.1, -0.05) is 54.6 Å². The summed E-state index contributed by atoms with van der Waals surface area (Å²) in [6.07, 6.45) is -0.0234. The van der Waals surface area contributed by atoms with Gasteiger partial charge >= 0.3 is 6.18 Å². The van der Waals surface area contributed by atoms with Crippen LogP contribution in [0, 0.1) is 0 Å². The third-order valence-corrected chi connectivity index (χ3v) is 4.47. The Labute approximate surface area is 150 Å². The fourth-order valence-corrected chi connectivity index (χ4v) is 3.20. The summed E-state index contributed by atoms with van der Waals surface area (Å²) in [6, 6.07) is 14.9. The number of aliphatic hydroxyl groups is 1. The first-order valence-electron chi connectivity index (χ1n) is 8.64. The van der Waals surface area contributed by atoms with Gasteiger partial charge in [-0.05, 0) is 36.1 Å². The molecule has 3 atom stereocenters. The van der Waals surface area contributed by atoms with Gasteiger partial charge in [0, 0.05) is 6.42 Å². The molecule has 2 aromatic rings. The van der Waals surface area contributed by atoms with Gasteiger partial charge in [-0.2, -0.15) is 13.2 Å². The lowest BCUT2D eigenvalue weighted by Crippen LogP contribution is -2.31. The second kappa shape index (κ2) is 8.06. The number of alkyl halides is 3. The summed E-state index contributed by atoms with van der Waals surface area (Å²) >= 11 is 0. The molecule has 0 saturated carbocycles. The summed E-state index contributed by atoms with van der Waals surface area (Å²) in [7, 11) is 0. The lowest BCUT2D eigenvalue weighted by Gasteiger charge is -2.33. The zero-order chi connectivity index (χ0) is 18.6. The molecule has 0 spiro atoms. The highest BCUT2D eigenvalue weighted by atomic mass is 19.4. The van der Waals surface area contributed by atoms with Crippen LogP contribution in [0.15, 0.2) is 60.7 Å². The highest BCUT2D eigenvalue weighted by Crippen LogP contribution is 2.33. The highest BCUT2D eigenvalue weighted by Gasteiger charge is 2.30. The number of rotatable bonds is 4. The van der Waals surface area contributed by atoms with Crippen molar-refractivity contribution in [1.29, 1.82) is 0 Å². The van der Waals surface area contributed by atoms with E-state index >= 15 is 0 Å². The van der Waals surface area contributed by atoms with Crippen LogP contribution in [-0.4, -0.2) is 17.3 Å². The molecule has 26 heavy (non-hydrogen) atoms. The van der Waals surface area contributed by atoms with Crippen LogP contribution in [0.25, 0.3) is 6.08 Å². The monoisotopic (exact) mass is 362 g/mol. The fourth-order valence-electron chi connectivity index (χ4n) is 3.20. The van der Waals surface area contributed by atoms with E-state index in [4.69, 9.17) is 4.74 Å². The molecule has 0 unspecified atom stereocenters. The topological polar surface area (TPSA) is 29.5 Å². The predicted molar refractivity (Wildman–Crippen MR) is 94.4 cm³/mol. The van der Waals surface area contributed by atoms with E-state index in [0.717, 1.165) is 17.7 Å². The van der Waals surface area contributed by atoms with Gasteiger partial charge in [0.1, 0.15) is 0 Å². The number of ether oxygens (including phenoxy) is 1.